The average Bonchev–Trinajstić information content (AvgIpc) is 3.07. The Hall–Kier alpha value is -1.03. The molecule has 0 heterocycles. The van der Waals surface area contributed by atoms with Gasteiger partial charge in [-0.05, 0) is 56.7 Å². The van der Waals surface area contributed by atoms with Crippen molar-refractivity contribution in [2.75, 3.05) is 0 Å². The molecule has 1 aliphatic rings. The van der Waals surface area contributed by atoms with E-state index >= 15 is 0 Å². The second kappa shape index (κ2) is 4.82. The first-order chi connectivity index (χ1) is 8.67. The van der Waals surface area contributed by atoms with Crippen LogP contribution in [0.4, 0.5) is 13.2 Å². The maximum Gasteiger partial charge on any atom is 0.416 e. The number of rotatable bonds is 3. The molecule has 0 saturated heterocycles. The Kier molecular flexibility index (Phi) is 3.65. The highest BCUT2D eigenvalue weighted by Crippen LogP contribution is 2.46. The molecule has 4 heteroatoms. The molecule has 1 aromatic carbocycles. The standard InChI is InChI=1S/C15H19F3O/c1-14(2,3)19-9-10-4-7-12(11-5-6-11)13(8-10)15(16,17)18/h4,7-8,11H,5-6,9H2,1-3H3. The van der Waals surface area contributed by atoms with Gasteiger partial charge in [0.15, 0.2) is 0 Å². The third-order valence-corrected chi connectivity index (χ3v) is 3.11. The first-order valence-corrected chi connectivity index (χ1v) is 6.51. The van der Waals surface area contributed by atoms with Gasteiger partial charge in [-0.15, -0.1) is 0 Å². The Labute approximate surface area is 111 Å². The molecule has 1 fully saturated rings. The van der Waals surface area contributed by atoms with Crippen molar-refractivity contribution in [2.45, 2.75) is 57.9 Å². The predicted octanol–water partition coefficient (Wildman–Crippen LogP) is 4.90. The Bertz CT molecular complexity index is 453. The Balaban J connectivity index is 2.23. The average molecular weight is 272 g/mol. The summed E-state index contributed by atoms with van der Waals surface area (Å²) in [6, 6.07) is 4.59. The number of hydrogen-bond donors (Lipinski definition) is 0. The van der Waals surface area contributed by atoms with Crippen molar-refractivity contribution in [3.05, 3.63) is 34.9 Å². The van der Waals surface area contributed by atoms with E-state index in [1.165, 1.54) is 6.07 Å². The molecule has 0 unspecified atom stereocenters. The van der Waals surface area contributed by atoms with E-state index in [9.17, 15) is 13.2 Å². The fourth-order valence-corrected chi connectivity index (χ4v) is 1.99. The second-order valence-corrected chi connectivity index (χ2v) is 6.09. The summed E-state index contributed by atoms with van der Waals surface area (Å²) in [4.78, 5) is 0. The van der Waals surface area contributed by atoms with Gasteiger partial charge in [-0.2, -0.15) is 13.2 Å². The van der Waals surface area contributed by atoms with Crippen LogP contribution in [0.25, 0.3) is 0 Å². The largest absolute Gasteiger partial charge is 0.416 e. The molecule has 19 heavy (non-hydrogen) atoms. The summed E-state index contributed by atoms with van der Waals surface area (Å²) in [5, 5.41) is 0. The van der Waals surface area contributed by atoms with E-state index in [-0.39, 0.29) is 18.1 Å². The van der Waals surface area contributed by atoms with Crippen molar-refractivity contribution in [3.63, 3.8) is 0 Å². The maximum absolute atomic E-state index is 13.0. The van der Waals surface area contributed by atoms with Crippen molar-refractivity contribution >= 4 is 0 Å². The van der Waals surface area contributed by atoms with Gasteiger partial charge in [-0.25, -0.2) is 0 Å². The van der Waals surface area contributed by atoms with Crippen molar-refractivity contribution in [1.29, 1.82) is 0 Å². The molecule has 1 aromatic rings. The summed E-state index contributed by atoms with van der Waals surface area (Å²) < 4.78 is 44.7. The van der Waals surface area contributed by atoms with Gasteiger partial charge in [0, 0.05) is 0 Å². The Morgan fingerprint density at radius 2 is 1.79 bits per heavy atom. The van der Waals surface area contributed by atoms with Crippen LogP contribution in [-0.2, 0) is 17.5 Å². The summed E-state index contributed by atoms with van der Waals surface area (Å²) in [5.41, 5.74) is 0.164. The molecule has 0 bridgehead atoms. The fourth-order valence-electron chi connectivity index (χ4n) is 1.99. The van der Waals surface area contributed by atoms with E-state index in [1.807, 2.05) is 20.8 Å². The minimum absolute atomic E-state index is 0.0919. The minimum atomic E-state index is -4.28. The molecular formula is C15H19F3O. The number of ether oxygens (including phenoxy) is 1. The van der Waals surface area contributed by atoms with Gasteiger partial charge >= 0.3 is 6.18 Å². The van der Waals surface area contributed by atoms with Crippen LogP contribution >= 0.6 is 0 Å². The first kappa shape index (κ1) is 14.4. The zero-order chi connectivity index (χ0) is 14.3. The van der Waals surface area contributed by atoms with Gasteiger partial charge in [0.25, 0.3) is 0 Å². The number of hydrogen-bond acceptors (Lipinski definition) is 1. The van der Waals surface area contributed by atoms with E-state index in [4.69, 9.17) is 4.74 Å². The summed E-state index contributed by atoms with van der Waals surface area (Å²) in [6.45, 7) is 5.86. The molecule has 0 N–H and O–H groups in total. The summed E-state index contributed by atoms with van der Waals surface area (Å²) >= 11 is 0. The van der Waals surface area contributed by atoms with Gasteiger partial charge in [0.05, 0.1) is 17.8 Å². The molecule has 106 valence electrons. The van der Waals surface area contributed by atoms with Gasteiger partial charge in [-0.1, -0.05) is 12.1 Å². The molecule has 0 amide bonds. The predicted molar refractivity (Wildman–Crippen MR) is 68.0 cm³/mol. The summed E-state index contributed by atoms with van der Waals surface area (Å²) in [7, 11) is 0. The van der Waals surface area contributed by atoms with Crippen LogP contribution in [0.1, 0.15) is 56.2 Å². The van der Waals surface area contributed by atoms with Crippen molar-refractivity contribution < 1.29 is 17.9 Å². The molecule has 0 atom stereocenters. The molecule has 0 aliphatic heterocycles. The molecule has 0 radical (unpaired) electrons. The van der Waals surface area contributed by atoms with E-state index in [0.29, 0.717) is 11.1 Å². The number of alkyl halides is 3. The van der Waals surface area contributed by atoms with Gasteiger partial charge in [0.1, 0.15) is 0 Å². The van der Waals surface area contributed by atoms with Crippen LogP contribution in [0.15, 0.2) is 18.2 Å². The van der Waals surface area contributed by atoms with E-state index < -0.39 is 11.7 Å². The lowest BCUT2D eigenvalue weighted by atomic mass is 10.00. The van der Waals surface area contributed by atoms with Gasteiger partial charge in [0.2, 0.25) is 0 Å². The van der Waals surface area contributed by atoms with Gasteiger partial charge in [-0.3, -0.25) is 0 Å². The maximum atomic E-state index is 13.0. The van der Waals surface area contributed by atoms with E-state index in [1.54, 1.807) is 12.1 Å². The van der Waals surface area contributed by atoms with Crippen molar-refractivity contribution in [3.8, 4) is 0 Å². The monoisotopic (exact) mass is 272 g/mol. The SMILES string of the molecule is CC(C)(C)OCc1ccc(C2CC2)c(C(F)(F)F)c1. The molecule has 0 aromatic heterocycles. The molecule has 0 spiro atoms. The molecular weight excluding hydrogens is 253 g/mol. The smallest absolute Gasteiger partial charge is 0.371 e. The topological polar surface area (TPSA) is 9.23 Å². The molecule has 1 nitrogen and oxygen atoms in total. The van der Waals surface area contributed by atoms with Crippen LogP contribution in [0.5, 0.6) is 0 Å². The quantitative estimate of drug-likeness (QED) is 0.760. The summed E-state index contributed by atoms with van der Waals surface area (Å²) in [6.07, 6.45) is -2.56. The highest BCUT2D eigenvalue weighted by molar-refractivity contribution is 5.38. The first-order valence-electron chi connectivity index (χ1n) is 6.51. The highest BCUT2D eigenvalue weighted by Gasteiger charge is 2.38. The molecule has 1 saturated carbocycles. The zero-order valence-electron chi connectivity index (χ0n) is 11.5. The van der Waals surface area contributed by atoms with Gasteiger partial charge < -0.3 is 4.74 Å². The van der Waals surface area contributed by atoms with E-state index in [0.717, 1.165) is 12.8 Å². The fraction of sp³-hybridized carbons (Fsp3) is 0.600. The number of benzene rings is 1. The minimum Gasteiger partial charge on any atom is -0.371 e. The van der Waals surface area contributed by atoms with E-state index in [2.05, 4.69) is 0 Å². The normalized spacial score (nSPS) is 16.7. The number of halogens is 3. The Morgan fingerprint density at radius 3 is 2.26 bits per heavy atom. The van der Waals surface area contributed by atoms with Crippen LogP contribution in [0, 0.1) is 0 Å². The lowest BCUT2D eigenvalue weighted by Crippen LogP contribution is -2.19. The molecule has 1 aliphatic carbocycles. The van der Waals surface area contributed by atoms with Crippen LogP contribution < -0.4 is 0 Å². The van der Waals surface area contributed by atoms with Crippen molar-refractivity contribution in [1.82, 2.24) is 0 Å². The zero-order valence-corrected chi connectivity index (χ0v) is 11.5. The Morgan fingerprint density at radius 1 is 1.16 bits per heavy atom. The lowest BCUT2D eigenvalue weighted by Gasteiger charge is -2.20. The lowest BCUT2D eigenvalue weighted by molar-refractivity contribution is -0.138. The third-order valence-electron chi connectivity index (χ3n) is 3.11. The van der Waals surface area contributed by atoms with Crippen LogP contribution in [-0.4, -0.2) is 5.60 Å². The second-order valence-electron chi connectivity index (χ2n) is 6.09. The van der Waals surface area contributed by atoms with Crippen LogP contribution in [0.2, 0.25) is 0 Å². The summed E-state index contributed by atoms with van der Waals surface area (Å²) in [5.74, 6) is 0.0919. The third kappa shape index (κ3) is 3.96. The molecule has 2 rings (SSSR count). The highest BCUT2D eigenvalue weighted by atomic mass is 19.4. The van der Waals surface area contributed by atoms with Crippen LogP contribution in [0.3, 0.4) is 0 Å². The van der Waals surface area contributed by atoms with Crippen molar-refractivity contribution in [2.24, 2.45) is 0 Å².